The summed E-state index contributed by atoms with van der Waals surface area (Å²) in [6, 6.07) is 12.4. The molecule has 0 unspecified atom stereocenters. The number of hydrogen-bond donors (Lipinski definition) is 0. The molecule has 2 aliphatic carbocycles. The molecule has 2 heterocycles. The lowest BCUT2D eigenvalue weighted by Gasteiger charge is -2.46. The topological polar surface area (TPSA) is 85.3 Å². The van der Waals surface area contributed by atoms with E-state index in [0.29, 0.717) is 43.3 Å². The first-order chi connectivity index (χ1) is 22.2. The Balaban J connectivity index is 1.46. The van der Waals surface area contributed by atoms with Gasteiger partial charge in [0, 0.05) is 42.8 Å². The molecule has 248 valence electrons. The molecule has 1 saturated carbocycles. The molecule has 0 aromatic heterocycles. The van der Waals surface area contributed by atoms with E-state index in [1.807, 2.05) is 19.1 Å². The molecule has 8 heteroatoms. The van der Waals surface area contributed by atoms with Gasteiger partial charge in [-0.05, 0) is 99.5 Å². The molecule has 1 spiro atoms. The summed E-state index contributed by atoms with van der Waals surface area (Å²) in [5.74, 6) is 0.765. The van der Waals surface area contributed by atoms with Crippen LogP contribution in [0.1, 0.15) is 92.3 Å². The maximum Gasteiger partial charge on any atom is 0.285 e. The fraction of sp³-hybridized carbons (Fsp3) is 0.579. The van der Waals surface area contributed by atoms with Crippen molar-refractivity contribution in [2.75, 3.05) is 37.5 Å². The number of amides is 1. The Morgan fingerprint density at radius 3 is 2.74 bits per heavy atom. The summed E-state index contributed by atoms with van der Waals surface area (Å²) >= 11 is 0. The summed E-state index contributed by atoms with van der Waals surface area (Å²) in [5.41, 5.74) is 5.19. The number of hydrogen-bond acceptors (Lipinski definition) is 6. The van der Waals surface area contributed by atoms with Crippen molar-refractivity contribution in [2.45, 2.75) is 95.3 Å². The number of nitrogens with zero attached hydrogens (tertiary/aromatic N) is 2. The van der Waals surface area contributed by atoms with Crippen molar-refractivity contribution < 1.29 is 23.3 Å². The maximum atomic E-state index is 14.5. The molecule has 0 saturated heterocycles. The van der Waals surface area contributed by atoms with Gasteiger partial charge in [-0.3, -0.25) is 9.59 Å². The minimum Gasteiger partial charge on any atom is -0.490 e. The zero-order chi connectivity index (χ0) is 32.5. The fourth-order valence-corrected chi connectivity index (χ4v) is 10.8. The van der Waals surface area contributed by atoms with Gasteiger partial charge in [0.1, 0.15) is 11.5 Å². The van der Waals surface area contributed by atoms with E-state index < -0.39 is 15.6 Å². The van der Waals surface area contributed by atoms with Crippen molar-refractivity contribution in [3.63, 3.8) is 0 Å². The first kappa shape index (κ1) is 33.0. The van der Waals surface area contributed by atoms with Gasteiger partial charge >= 0.3 is 0 Å². The molecule has 4 aliphatic rings. The smallest absolute Gasteiger partial charge is 0.285 e. The van der Waals surface area contributed by atoms with Gasteiger partial charge in [0.05, 0.1) is 33.9 Å². The largest absolute Gasteiger partial charge is 0.490 e. The minimum atomic E-state index is -3.13. The molecule has 2 bridgehead atoms. The van der Waals surface area contributed by atoms with Crippen LogP contribution in [0, 0.1) is 18.8 Å². The number of methoxy groups -OCH3 is 1. The van der Waals surface area contributed by atoms with Crippen molar-refractivity contribution in [3.8, 4) is 5.75 Å². The van der Waals surface area contributed by atoms with Crippen molar-refractivity contribution in [1.29, 1.82) is 0 Å². The van der Waals surface area contributed by atoms with Gasteiger partial charge in [-0.2, -0.15) is 4.36 Å². The number of Topliss-reactive ketones (excluding diaryl/α,β-unsaturated/α-hetero) is 1. The quantitative estimate of drug-likeness (QED) is 0.319. The Labute approximate surface area is 275 Å². The Morgan fingerprint density at radius 1 is 1.15 bits per heavy atom. The van der Waals surface area contributed by atoms with Gasteiger partial charge in [0.2, 0.25) is 0 Å². The lowest BCUT2D eigenvalue weighted by molar-refractivity contribution is -0.116. The number of carbonyl (C=O) groups excluding carboxylic acids is 2. The zero-order valence-electron chi connectivity index (χ0n) is 28.0. The summed E-state index contributed by atoms with van der Waals surface area (Å²) in [5, 5.41) is -0.363. The lowest BCUT2D eigenvalue weighted by Crippen LogP contribution is -2.49. The average Bonchev–Trinajstić information content (AvgIpc) is 3.18. The number of aryl methyl sites for hydroxylation is 2. The van der Waals surface area contributed by atoms with Crippen molar-refractivity contribution in [1.82, 2.24) is 0 Å². The average molecular weight is 647 g/mol. The first-order valence-corrected chi connectivity index (χ1v) is 19.0. The number of fused-ring (bicyclic) bond motifs is 4. The van der Waals surface area contributed by atoms with E-state index in [9.17, 15) is 13.8 Å². The second-order valence-corrected chi connectivity index (χ2v) is 16.5. The molecule has 7 nitrogen and oxygen atoms in total. The van der Waals surface area contributed by atoms with Crippen LogP contribution < -0.4 is 9.64 Å². The molecular weight excluding hydrogens is 596 g/mol. The number of anilines is 1. The fourth-order valence-electron chi connectivity index (χ4n) is 8.25. The van der Waals surface area contributed by atoms with Crippen molar-refractivity contribution >= 4 is 27.1 Å². The number of ether oxygens (including phenoxy) is 2. The first-order valence-electron chi connectivity index (χ1n) is 17.3. The van der Waals surface area contributed by atoms with Crippen LogP contribution in [-0.2, 0) is 31.1 Å². The van der Waals surface area contributed by atoms with Gasteiger partial charge in [0.25, 0.3) is 5.91 Å². The Morgan fingerprint density at radius 2 is 2.00 bits per heavy atom. The predicted octanol–water partition coefficient (Wildman–Crippen LogP) is 7.23. The molecular formula is C38H50N2O5S. The van der Waals surface area contributed by atoms with Crippen molar-refractivity contribution in [2.24, 2.45) is 16.2 Å². The molecule has 2 aromatic carbocycles. The third kappa shape index (κ3) is 6.44. The van der Waals surface area contributed by atoms with Gasteiger partial charge in [0.15, 0.2) is 0 Å². The molecule has 6 atom stereocenters. The van der Waals surface area contributed by atoms with Crippen LogP contribution in [-0.4, -0.2) is 59.8 Å². The molecule has 46 heavy (non-hydrogen) atoms. The highest BCUT2D eigenvalue weighted by Gasteiger charge is 2.44. The number of carbonyl (C=O) groups is 2. The normalized spacial score (nSPS) is 31.8. The highest BCUT2D eigenvalue weighted by Crippen LogP contribution is 2.47. The standard InChI is InChI=1S/C38H50N2O5S/c1-5-30(41)23-46(43)31(6-2)11-7-8-12-35(44-4)32-16-14-29(32)22-40-24-38(19-9-10-27-20-26(3)13-17-33(27)38)25-45-36-18-15-28(21-34(36)40)37(42)39-46/h8,12-13,15,17-18,20-21,29,31-32,35H,5-7,9-11,14,16,19,22-25H2,1-4H3/b12-8+/t29-,31+,32+,35-,38-,46+/m0/s1. The van der Waals surface area contributed by atoms with Crippen LogP contribution in [0.2, 0.25) is 0 Å². The lowest BCUT2D eigenvalue weighted by atomic mass is 9.68. The summed E-state index contributed by atoms with van der Waals surface area (Å²) in [4.78, 5) is 29.0. The van der Waals surface area contributed by atoms with Crippen LogP contribution in [0.15, 0.2) is 52.9 Å². The van der Waals surface area contributed by atoms with Crippen molar-refractivity contribution in [3.05, 3.63) is 70.8 Å². The highest BCUT2D eigenvalue weighted by molar-refractivity contribution is 7.95. The molecule has 2 aromatic rings. The monoisotopic (exact) mass is 646 g/mol. The summed E-state index contributed by atoms with van der Waals surface area (Å²) in [7, 11) is -1.34. The number of allylic oxidation sites excluding steroid dienone is 1. The van der Waals surface area contributed by atoms with Gasteiger partial charge in [-0.1, -0.05) is 49.8 Å². The maximum absolute atomic E-state index is 14.5. The van der Waals surface area contributed by atoms with Crippen LogP contribution in [0.3, 0.4) is 0 Å². The third-order valence-electron chi connectivity index (χ3n) is 11.1. The second-order valence-electron chi connectivity index (χ2n) is 14.0. The SMILES string of the molecule is CCC(=O)C[S@]1(=O)=NC(=O)c2ccc3c(c2)N(C[C@@H]2CC[C@H]2[C@@H](OC)/C=C/CC[C@H]1CC)C[C@@]1(CCCc2cc(C)ccc21)CO3. The van der Waals surface area contributed by atoms with E-state index in [4.69, 9.17) is 9.47 Å². The number of rotatable bonds is 5. The van der Waals surface area contributed by atoms with E-state index in [1.54, 1.807) is 20.1 Å². The van der Waals surface area contributed by atoms with Crippen LogP contribution in [0.4, 0.5) is 5.69 Å². The summed E-state index contributed by atoms with van der Waals surface area (Å²) in [6.07, 6.45) is 11.9. The van der Waals surface area contributed by atoms with Crippen LogP contribution >= 0.6 is 0 Å². The molecule has 2 aliphatic heterocycles. The van der Waals surface area contributed by atoms with E-state index in [0.717, 1.165) is 56.6 Å². The zero-order valence-corrected chi connectivity index (χ0v) is 28.8. The Bertz CT molecular complexity index is 1620. The molecule has 1 fully saturated rings. The minimum absolute atomic E-state index is 0.00500. The Hall–Kier alpha value is -2.97. The number of benzene rings is 2. The van der Waals surface area contributed by atoms with Gasteiger partial charge in [-0.25, -0.2) is 4.21 Å². The molecule has 1 amide bonds. The third-order valence-corrected chi connectivity index (χ3v) is 13.9. The molecule has 0 radical (unpaired) electrons. The summed E-state index contributed by atoms with van der Waals surface area (Å²) < 4.78 is 31.6. The van der Waals surface area contributed by atoms with Crippen LogP contribution in [0.25, 0.3) is 0 Å². The summed E-state index contributed by atoms with van der Waals surface area (Å²) in [6.45, 7) is 8.11. The Kier molecular flexibility index (Phi) is 9.77. The van der Waals surface area contributed by atoms with E-state index in [-0.39, 0.29) is 34.7 Å². The van der Waals surface area contributed by atoms with Crippen LogP contribution in [0.5, 0.6) is 5.75 Å². The number of ketones is 1. The van der Waals surface area contributed by atoms with E-state index >= 15 is 0 Å². The van der Waals surface area contributed by atoms with Gasteiger partial charge in [-0.15, -0.1) is 0 Å². The highest BCUT2D eigenvalue weighted by atomic mass is 32.2. The predicted molar refractivity (Wildman–Crippen MR) is 184 cm³/mol. The second kappa shape index (κ2) is 13.6. The molecule has 0 N–H and O–H groups in total. The van der Waals surface area contributed by atoms with E-state index in [1.165, 1.54) is 16.7 Å². The van der Waals surface area contributed by atoms with Gasteiger partial charge < -0.3 is 14.4 Å². The van der Waals surface area contributed by atoms with E-state index in [2.05, 4.69) is 46.5 Å². The molecule has 6 rings (SSSR count).